The van der Waals surface area contributed by atoms with Crippen LogP contribution in [0, 0.1) is 0 Å². The van der Waals surface area contributed by atoms with E-state index in [1.54, 1.807) is 0 Å². The lowest BCUT2D eigenvalue weighted by molar-refractivity contribution is 0.675. The van der Waals surface area contributed by atoms with Gasteiger partial charge in [-0.15, -0.1) is 38.2 Å². The largest absolute Gasteiger partial charge is 0.457 e. The Balaban J connectivity index is 1.43. The third kappa shape index (κ3) is 6.85. The number of fused-ring (bicyclic) bond motifs is 8. The molecule has 0 spiro atoms. The number of hydrogen-bond donors (Lipinski definition) is 0. The van der Waals surface area contributed by atoms with Gasteiger partial charge >= 0.3 is 0 Å². The first-order valence-electron chi connectivity index (χ1n) is 27.9. The second kappa shape index (κ2) is 18.1. The highest BCUT2D eigenvalue weighted by atomic mass is 16.3. The summed E-state index contributed by atoms with van der Waals surface area (Å²) in [6.07, 6.45) is 0. The van der Waals surface area contributed by atoms with E-state index in [-0.39, 0.29) is 0 Å². The summed E-state index contributed by atoms with van der Waals surface area (Å²) in [5, 5.41) is 13.9. The van der Waals surface area contributed by atoms with Gasteiger partial charge in [0.25, 0.3) is 0 Å². The van der Waals surface area contributed by atoms with E-state index in [0.29, 0.717) is 0 Å². The van der Waals surface area contributed by atoms with Crippen LogP contribution < -0.4 is 153 Å². The number of hydrogen-bond acceptors (Lipinski definition) is 1. The van der Waals surface area contributed by atoms with E-state index in [0.717, 1.165) is 11.2 Å². The van der Waals surface area contributed by atoms with Crippen molar-refractivity contribution in [1.82, 2.24) is 0 Å². The second-order valence-electron chi connectivity index (χ2n) is 24.3. The van der Waals surface area contributed by atoms with Crippen LogP contribution in [0.5, 0.6) is 0 Å². The molecule has 0 N–H and O–H groups in total. The second-order valence-corrected chi connectivity index (χ2v) is 24.3. The summed E-state index contributed by atoms with van der Waals surface area (Å²) in [4.78, 5) is 0. The van der Waals surface area contributed by atoms with Crippen LogP contribution in [-0.4, -0.2) is 220 Å². The summed E-state index contributed by atoms with van der Waals surface area (Å²) in [5.41, 5.74) is 48.8. The molecule has 0 unspecified atom stereocenters. The molecule has 0 aliphatic rings. The Morgan fingerprint density at radius 1 is 0.120 bits per heavy atom. The molecule has 0 aliphatic carbocycles. The number of benzene rings is 9. The van der Waals surface area contributed by atoms with Crippen LogP contribution in [0.2, 0.25) is 0 Å². The monoisotopic (exact) mass is 933 g/mol. The Hall–Kier alpha value is -4.36. The van der Waals surface area contributed by atoms with Crippen LogP contribution in [-0.2, 0) is 0 Å². The molecule has 0 aliphatic heterocycles. The Kier molecular flexibility index (Phi) is 13.0. The molecule has 0 radical (unpaired) electrons. The third-order valence-corrected chi connectivity index (χ3v) is 21.7. The number of furan rings is 1. The Labute approximate surface area is 472 Å². The molecule has 0 saturated heterocycles. The molecule has 9 aromatic carbocycles. The molecule has 0 fully saturated rings. The van der Waals surface area contributed by atoms with Gasteiger partial charge in [0.2, 0.25) is 0 Å². The molecule has 1 heterocycles. The maximum absolute atomic E-state index is 7.07. The topological polar surface area (TPSA) is 13.1 Å². The first kappa shape index (κ1) is 54.0. The van der Waals surface area contributed by atoms with Crippen LogP contribution in [0.4, 0.5) is 0 Å². The zero-order valence-corrected chi connectivity index (χ0v) is 51.4. The highest BCUT2D eigenvalue weighted by Gasteiger charge is 2.32. The summed E-state index contributed by atoms with van der Waals surface area (Å²) < 4.78 is 7.07. The smallest absolute Gasteiger partial charge is 0.143 e. The Morgan fingerprint density at radius 2 is 0.293 bits per heavy atom. The van der Waals surface area contributed by atoms with Crippen LogP contribution >= 0.6 is 0 Å². The quantitative estimate of drug-likeness (QED) is 0.0978. The van der Waals surface area contributed by atoms with E-state index in [9.17, 15) is 0 Å². The molecule has 0 atom stereocenters. The van der Waals surface area contributed by atoms with Crippen LogP contribution in [0.15, 0.2) is 4.42 Å². The van der Waals surface area contributed by atoms with Crippen molar-refractivity contribution in [2.75, 3.05) is 0 Å². The van der Waals surface area contributed by atoms with Crippen molar-refractivity contribution in [3.05, 3.63) is 0 Å². The minimum atomic E-state index is 1.03. The van der Waals surface area contributed by atoms with Crippen LogP contribution in [0.3, 0.4) is 0 Å². The molecular formula is C46H56B28O. The van der Waals surface area contributed by atoms with E-state index in [2.05, 4.69) is 220 Å². The Morgan fingerprint density at radius 3 is 0.667 bits per heavy atom. The van der Waals surface area contributed by atoms with Crippen molar-refractivity contribution in [3.8, 4) is 33.4 Å². The summed E-state index contributed by atoms with van der Waals surface area (Å²) in [7, 11) is 66.4. The number of rotatable bonds is 3. The summed E-state index contributed by atoms with van der Waals surface area (Å²) in [6, 6.07) is 0. The van der Waals surface area contributed by atoms with E-state index in [1.807, 2.05) is 0 Å². The van der Waals surface area contributed by atoms with Crippen molar-refractivity contribution < 1.29 is 4.42 Å². The van der Waals surface area contributed by atoms with Crippen LogP contribution in [0.25, 0.3) is 98.4 Å². The fraction of sp³-hybridized carbons (Fsp3) is 0. The van der Waals surface area contributed by atoms with Crippen molar-refractivity contribution in [1.29, 1.82) is 0 Å². The SMILES string of the molecule is Bc1c(B)c(-c2c3c(B)c(B)c(B)c(B)c3c(-c3c(B)c(B)c4oc5c(B)c(B)c(B)c(B)c5c4c3B)c3c(B)c(B)c(B)c(B)c23)c(B)c(B)c1-c1c(B)c(B)c2c(B)c(B)c3c(B)c(B)c(B)c(B)c3c2c1B. The normalized spacial score (nSPS) is 11.9. The van der Waals surface area contributed by atoms with E-state index in [4.69, 9.17) is 4.42 Å². The zero-order chi connectivity index (χ0) is 55.3. The molecule has 10 rings (SSSR count). The van der Waals surface area contributed by atoms with Gasteiger partial charge in [0.15, 0.2) is 0 Å². The lowest BCUT2D eigenvalue weighted by Crippen LogP contribution is -2.52. The van der Waals surface area contributed by atoms with E-state index in [1.165, 1.54) is 240 Å². The summed E-state index contributed by atoms with van der Waals surface area (Å²) >= 11 is 0. The van der Waals surface area contributed by atoms with Gasteiger partial charge in [0.05, 0.1) is 0 Å². The zero-order valence-electron chi connectivity index (χ0n) is 51.4. The highest BCUT2D eigenvalue weighted by molar-refractivity contribution is 6.78. The molecule has 10 aromatic rings. The molecule has 75 heavy (non-hydrogen) atoms. The summed E-state index contributed by atoms with van der Waals surface area (Å²) in [5.74, 6) is 0. The van der Waals surface area contributed by atoms with Gasteiger partial charge < -0.3 is 4.42 Å². The fourth-order valence-corrected chi connectivity index (χ4v) is 15.2. The van der Waals surface area contributed by atoms with Crippen molar-refractivity contribution in [3.63, 3.8) is 0 Å². The van der Waals surface area contributed by atoms with Gasteiger partial charge in [0.1, 0.15) is 231 Å². The van der Waals surface area contributed by atoms with E-state index >= 15 is 0 Å². The lowest BCUT2D eigenvalue weighted by Gasteiger charge is -2.32. The van der Waals surface area contributed by atoms with Crippen molar-refractivity contribution in [2.45, 2.75) is 0 Å². The van der Waals surface area contributed by atoms with Gasteiger partial charge in [-0.05, 0) is 76.5 Å². The van der Waals surface area contributed by atoms with Gasteiger partial charge in [-0.3, -0.25) is 0 Å². The third-order valence-electron chi connectivity index (χ3n) is 21.7. The highest BCUT2D eigenvalue weighted by Crippen LogP contribution is 2.40. The average Bonchev–Trinajstić information content (AvgIpc) is 3.80. The van der Waals surface area contributed by atoms with Crippen LogP contribution in [0.1, 0.15) is 0 Å². The minimum absolute atomic E-state index is 1.03. The first-order chi connectivity index (χ1) is 35.0. The maximum Gasteiger partial charge on any atom is 0.143 e. The summed E-state index contributed by atoms with van der Waals surface area (Å²) in [6.45, 7) is 0. The van der Waals surface area contributed by atoms with Gasteiger partial charge in [0, 0.05) is 10.8 Å². The molecule has 1 nitrogen and oxygen atoms in total. The molecule has 29 heteroatoms. The minimum Gasteiger partial charge on any atom is -0.457 e. The molecule has 0 bridgehead atoms. The molecule has 1 aromatic heterocycles. The van der Waals surface area contributed by atoms with Gasteiger partial charge in [-0.1, -0.05) is 115 Å². The molecule has 0 amide bonds. The first-order valence-corrected chi connectivity index (χ1v) is 27.9. The van der Waals surface area contributed by atoms with Crippen molar-refractivity contribution in [2.24, 2.45) is 0 Å². The molecule has 330 valence electrons. The standard InChI is InChI=1S/C46H56B28O/c47-17-7-8-12(32(62)40(70)39(69)23(8)53)28(58)26(56)11(7)27(57)29(59)13(17)14-30(60)24(54)10(25(55)31(14)61)2-5-3(19(49)35(65)37(67)21(5)51)1(4-6(2)22(52)38(68)36(66)20(4)50)9-18(48)15-16-34(64)41(71)42(72)44(74)46(16)75-45(15)43(73)33(9)63/h47-74H2. The molecular weight excluding hydrogens is 871 g/mol. The van der Waals surface area contributed by atoms with E-state index < -0.39 is 0 Å². The predicted molar refractivity (Wildman–Crippen MR) is 429 cm³/mol. The average molecular weight is 928 g/mol. The predicted octanol–water partition coefficient (Wildman–Crippen LogP) is -35.6. The molecule has 0 saturated carbocycles. The lowest BCUT2D eigenvalue weighted by atomic mass is 9.55. The van der Waals surface area contributed by atoms with Crippen molar-refractivity contribution >= 4 is 438 Å². The maximum atomic E-state index is 7.07. The van der Waals surface area contributed by atoms with Gasteiger partial charge in [-0.25, -0.2) is 0 Å². The fourth-order valence-electron chi connectivity index (χ4n) is 15.2. The van der Waals surface area contributed by atoms with Gasteiger partial charge in [-0.2, -0.15) is 0 Å². The Bertz CT molecular complexity index is 4330.